The predicted molar refractivity (Wildman–Crippen MR) is 185 cm³/mol. The molecular weight excluding hydrogens is 644 g/mol. The van der Waals surface area contributed by atoms with Crippen molar-refractivity contribution >= 4 is 40.1 Å². The maximum absolute atomic E-state index is 14.1. The summed E-state index contributed by atoms with van der Waals surface area (Å²) < 4.78 is 24.4. The molecule has 0 saturated carbocycles. The highest BCUT2D eigenvalue weighted by Gasteiger charge is 2.29. The first kappa shape index (κ1) is 34.7. The summed E-state index contributed by atoms with van der Waals surface area (Å²) in [7, 11) is 4.69. The van der Waals surface area contributed by atoms with Gasteiger partial charge in [-0.2, -0.15) is 0 Å². The van der Waals surface area contributed by atoms with Crippen molar-refractivity contribution in [3.05, 3.63) is 47.9 Å². The molecular formula is C35H44N8O7. The molecule has 0 spiro atoms. The van der Waals surface area contributed by atoms with Crippen molar-refractivity contribution < 1.29 is 33.3 Å². The number of ether oxygens (including phenoxy) is 4. The van der Waals surface area contributed by atoms with E-state index in [4.69, 9.17) is 23.9 Å². The van der Waals surface area contributed by atoms with Gasteiger partial charge in [-0.05, 0) is 43.9 Å². The van der Waals surface area contributed by atoms with E-state index < -0.39 is 0 Å². The molecule has 2 aliphatic rings. The number of nitrogens with one attached hydrogen (secondary N) is 1. The number of amides is 3. The normalized spacial score (nSPS) is 17.5. The number of hydrogen-bond acceptors (Lipinski definition) is 11. The molecule has 5 heterocycles. The Labute approximate surface area is 290 Å². The van der Waals surface area contributed by atoms with Gasteiger partial charge in [-0.1, -0.05) is 0 Å². The van der Waals surface area contributed by atoms with Gasteiger partial charge in [0.25, 0.3) is 5.91 Å². The molecule has 6 rings (SSSR count). The maximum Gasteiger partial charge on any atom is 0.257 e. The lowest BCUT2D eigenvalue weighted by molar-refractivity contribution is -0.136. The average molecular weight is 689 g/mol. The molecule has 1 saturated heterocycles. The zero-order valence-electron chi connectivity index (χ0n) is 29.0. The van der Waals surface area contributed by atoms with Crippen molar-refractivity contribution in [2.45, 2.75) is 32.7 Å². The Hall–Kier alpha value is -5.18. The first-order valence-corrected chi connectivity index (χ1v) is 16.9. The number of methoxy groups -OCH3 is 3. The van der Waals surface area contributed by atoms with Crippen molar-refractivity contribution in [1.82, 2.24) is 34.7 Å². The second-order valence-electron chi connectivity index (χ2n) is 12.4. The second-order valence-corrected chi connectivity index (χ2v) is 12.4. The van der Waals surface area contributed by atoms with E-state index in [1.807, 2.05) is 19.1 Å². The lowest BCUT2D eigenvalue weighted by Gasteiger charge is -2.35. The number of hydrogen-bond donors (Lipinski definition) is 1. The maximum atomic E-state index is 14.1. The number of carbonyl (C=O) groups excluding carboxylic acids is 3. The zero-order valence-corrected chi connectivity index (χ0v) is 29.0. The minimum absolute atomic E-state index is 0.113. The van der Waals surface area contributed by atoms with Gasteiger partial charge in [0.1, 0.15) is 18.8 Å². The minimum Gasteiger partial charge on any atom is -0.493 e. The molecule has 15 nitrogen and oxygen atoms in total. The standard InChI is InChI=1S/C35H44N8O7/c1-5-50-21-30(45)41-15-14-40(35(46)25-9-7-12-43-22-37-39-34(25)43)13-10-29(44)36-18-23-8-6-11-42(19-23)33-24(20-41)16-26-27(38-33)17-28(47-2)32(49-4)31(26)48-3/h7,9,12,16-17,22-23H,5-6,8,10-11,13-15,18-21H2,1-4H3,(H,36,44). The van der Waals surface area contributed by atoms with Gasteiger partial charge in [-0.3, -0.25) is 18.8 Å². The first-order valence-electron chi connectivity index (χ1n) is 16.9. The molecule has 15 heteroatoms. The van der Waals surface area contributed by atoms with Gasteiger partial charge in [0, 0.05) is 82.1 Å². The molecule has 266 valence electrons. The van der Waals surface area contributed by atoms with Crippen molar-refractivity contribution in [3.63, 3.8) is 0 Å². The van der Waals surface area contributed by atoms with Crippen LogP contribution in [0.5, 0.6) is 17.2 Å². The van der Waals surface area contributed by atoms with Gasteiger partial charge in [-0.15, -0.1) is 10.2 Å². The zero-order chi connectivity index (χ0) is 35.2. The number of carbonyl (C=O) groups is 3. The fraction of sp³-hybridized carbons (Fsp3) is 0.486. The van der Waals surface area contributed by atoms with Crippen LogP contribution in [0.1, 0.15) is 42.1 Å². The molecule has 4 aromatic rings. The number of anilines is 1. The molecule has 1 unspecified atom stereocenters. The highest BCUT2D eigenvalue weighted by Crippen LogP contribution is 2.44. The number of aromatic nitrogens is 4. The summed E-state index contributed by atoms with van der Waals surface area (Å²) in [5.41, 5.74) is 2.22. The van der Waals surface area contributed by atoms with Crippen LogP contribution in [-0.2, 0) is 20.9 Å². The summed E-state index contributed by atoms with van der Waals surface area (Å²) in [6.45, 7) is 4.73. The fourth-order valence-electron chi connectivity index (χ4n) is 6.74. The van der Waals surface area contributed by atoms with E-state index >= 15 is 0 Å². The van der Waals surface area contributed by atoms with Gasteiger partial charge >= 0.3 is 0 Å². The summed E-state index contributed by atoms with van der Waals surface area (Å²) >= 11 is 0. The third-order valence-electron chi connectivity index (χ3n) is 9.32. The summed E-state index contributed by atoms with van der Waals surface area (Å²) in [4.78, 5) is 51.7. The third kappa shape index (κ3) is 7.22. The van der Waals surface area contributed by atoms with E-state index in [0.717, 1.165) is 30.8 Å². The predicted octanol–water partition coefficient (Wildman–Crippen LogP) is 2.55. The van der Waals surface area contributed by atoms with Crippen LogP contribution in [0.4, 0.5) is 5.82 Å². The van der Waals surface area contributed by atoms with E-state index in [1.54, 1.807) is 53.9 Å². The van der Waals surface area contributed by atoms with Gasteiger partial charge in [0.05, 0.1) is 32.4 Å². The van der Waals surface area contributed by atoms with E-state index in [9.17, 15) is 14.4 Å². The molecule has 3 aromatic heterocycles. The molecule has 0 aliphatic carbocycles. The van der Waals surface area contributed by atoms with Gasteiger partial charge in [-0.25, -0.2) is 4.98 Å². The van der Waals surface area contributed by atoms with Crippen LogP contribution < -0.4 is 24.4 Å². The highest BCUT2D eigenvalue weighted by molar-refractivity contribution is 6.00. The molecule has 50 heavy (non-hydrogen) atoms. The Morgan fingerprint density at radius 1 is 1.02 bits per heavy atom. The molecule has 0 radical (unpaired) electrons. The van der Waals surface area contributed by atoms with E-state index in [-0.39, 0.29) is 62.8 Å². The van der Waals surface area contributed by atoms with E-state index in [0.29, 0.717) is 59.1 Å². The molecule has 1 atom stereocenters. The van der Waals surface area contributed by atoms with Crippen molar-refractivity contribution in [1.29, 1.82) is 0 Å². The Morgan fingerprint density at radius 3 is 2.62 bits per heavy atom. The highest BCUT2D eigenvalue weighted by atomic mass is 16.5. The minimum atomic E-state index is -0.307. The number of pyridine rings is 2. The van der Waals surface area contributed by atoms with Crippen LogP contribution in [-0.4, -0.2) is 121 Å². The van der Waals surface area contributed by atoms with Crippen LogP contribution in [0, 0.1) is 5.92 Å². The van der Waals surface area contributed by atoms with Gasteiger partial charge < -0.3 is 39.0 Å². The molecule has 1 aromatic carbocycles. The Balaban J connectivity index is 1.44. The third-order valence-corrected chi connectivity index (χ3v) is 9.32. The fourth-order valence-corrected chi connectivity index (χ4v) is 6.74. The van der Waals surface area contributed by atoms with Crippen LogP contribution in [0.2, 0.25) is 0 Å². The first-order chi connectivity index (χ1) is 24.3. The lowest BCUT2D eigenvalue weighted by atomic mass is 9.97. The van der Waals surface area contributed by atoms with Crippen LogP contribution in [0.15, 0.2) is 36.8 Å². The number of piperidine rings is 1. The number of nitrogens with zero attached hydrogens (tertiary/aromatic N) is 7. The number of benzene rings is 1. The number of rotatable bonds is 7. The average Bonchev–Trinajstić information content (AvgIpc) is 3.63. The van der Waals surface area contributed by atoms with Gasteiger partial charge in [0.15, 0.2) is 17.1 Å². The van der Waals surface area contributed by atoms with E-state index in [1.165, 1.54) is 6.33 Å². The van der Waals surface area contributed by atoms with Crippen LogP contribution >= 0.6 is 0 Å². The Morgan fingerprint density at radius 2 is 1.84 bits per heavy atom. The SMILES string of the molecule is CCOCC(=O)N1CCN(C(=O)c2cccn3cnnc23)CCC(=O)NCC2CCCN(C2)c2nc3cc(OC)c(OC)c(OC)c3cc2C1. The molecule has 2 aliphatic heterocycles. The monoisotopic (exact) mass is 688 g/mol. The van der Waals surface area contributed by atoms with Gasteiger partial charge in [0.2, 0.25) is 17.6 Å². The van der Waals surface area contributed by atoms with E-state index in [2.05, 4.69) is 20.4 Å². The summed E-state index contributed by atoms with van der Waals surface area (Å²) in [6.07, 6.45) is 5.27. The molecule has 2 bridgehead atoms. The Bertz CT molecular complexity index is 1860. The second kappa shape index (κ2) is 15.6. The molecule has 1 N–H and O–H groups in total. The van der Waals surface area contributed by atoms with Crippen molar-refractivity contribution in [2.24, 2.45) is 5.92 Å². The quantitative estimate of drug-likeness (QED) is 0.305. The summed E-state index contributed by atoms with van der Waals surface area (Å²) in [5.74, 6) is 1.63. The topological polar surface area (TPSA) is 153 Å². The summed E-state index contributed by atoms with van der Waals surface area (Å²) in [5, 5.41) is 11.9. The molecule has 1 fully saturated rings. The molecule has 3 amide bonds. The Kier molecular flexibility index (Phi) is 10.8. The van der Waals surface area contributed by atoms with Crippen molar-refractivity contribution in [2.75, 3.05) is 78.7 Å². The van der Waals surface area contributed by atoms with Crippen LogP contribution in [0.25, 0.3) is 16.6 Å². The van der Waals surface area contributed by atoms with Crippen LogP contribution in [0.3, 0.4) is 0 Å². The smallest absolute Gasteiger partial charge is 0.257 e. The summed E-state index contributed by atoms with van der Waals surface area (Å²) in [6, 6.07) is 7.27. The van der Waals surface area contributed by atoms with Crippen molar-refractivity contribution in [3.8, 4) is 17.2 Å². The largest absolute Gasteiger partial charge is 0.493 e. The lowest BCUT2D eigenvalue weighted by Crippen LogP contribution is -2.43. The number of fused-ring (bicyclic) bond motifs is 6.